The number of hydrogen-bond acceptors (Lipinski definition) is 3. The van der Waals surface area contributed by atoms with E-state index in [2.05, 4.69) is 10.1 Å². The Hall–Kier alpha value is -2.56. The van der Waals surface area contributed by atoms with Crippen molar-refractivity contribution in [3.8, 4) is 11.3 Å². The molecule has 2 aromatic heterocycles. The van der Waals surface area contributed by atoms with Crippen molar-refractivity contribution in [2.24, 2.45) is 0 Å². The zero-order chi connectivity index (χ0) is 13.4. The molecule has 0 spiro atoms. The van der Waals surface area contributed by atoms with Crippen LogP contribution in [0, 0.1) is 5.82 Å². The maximum Gasteiger partial charge on any atom is 0.180 e. The summed E-state index contributed by atoms with van der Waals surface area (Å²) in [5.41, 5.74) is 1.44. The normalized spacial score (nSPS) is 10.8. The Morgan fingerprint density at radius 1 is 1.21 bits per heavy atom. The number of carbonyl (C=O) groups excluding carboxylic acids is 1. The first kappa shape index (κ1) is 11.5. The highest BCUT2D eigenvalue weighted by Gasteiger charge is 2.20. The van der Waals surface area contributed by atoms with E-state index in [4.69, 9.17) is 0 Å². The number of benzene rings is 1. The largest absolute Gasteiger partial charge is 0.293 e. The van der Waals surface area contributed by atoms with Crippen LogP contribution in [0.15, 0.2) is 42.6 Å². The van der Waals surface area contributed by atoms with Gasteiger partial charge in [-0.2, -0.15) is 5.10 Å². The van der Waals surface area contributed by atoms with E-state index in [-0.39, 0.29) is 5.78 Å². The van der Waals surface area contributed by atoms with Crippen LogP contribution in [-0.4, -0.2) is 20.4 Å². The molecule has 0 aliphatic rings. The second-order valence-electron chi connectivity index (χ2n) is 4.14. The molecule has 4 nitrogen and oxygen atoms in total. The van der Waals surface area contributed by atoms with Crippen LogP contribution in [0.2, 0.25) is 0 Å². The van der Waals surface area contributed by atoms with Gasteiger partial charge in [-0.25, -0.2) is 13.9 Å². The number of ketones is 1. The van der Waals surface area contributed by atoms with Crippen molar-refractivity contribution in [1.82, 2.24) is 14.6 Å². The molecule has 2 heterocycles. The Morgan fingerprint density at radius 2 is 2.00 bits per heavy atom. The summed E-state index contributed by atoms with van der Waals surface area (Å²) in [6.45, 7) is 1.42. The summed E-state index contributed by atoms with van der Waals surface area (Å²) in [5.74, 6) is -0.613. The Balaban J connectivity index is 2.38. The van der Waals surface area contributed by atoms with Crippen molar-refractivity contribution in [1.29, 1.82) is 0 Å². The minimum absolute atomic E-state index is 0.204. The SMILES string of the molecule is CC(=O)c1c(-c2ccccc2F)nc2cccnn12. The van der Waals surface area contributed by atoms with E-state index < -0.39 is 5.82 Å². The van der Waals surface area contributed by atoms with Crippen LogP contribution in [-0.2, 0) is 0 Å². The van der Waals surface area contributed by atoms with Crippen molar-refractivity contribution in [3.63, 3.8) is 0 Å². The Kier molecular flexibility index (Phi) is 2.59. The predicted octanol–water partition coefficient (Wildman–Crippen LogP) is 2.74. The number of rotatable bonds is 2. The standard InChI is InChI=1S/C14H10FN3O/c1-9(19)14-13(10-5-2-3-6-11(10)15)17-12-7-4-8-16-18(12)14/h2-8H,1H3. The first-order chi connectivity index (χ1) is 9.18. The number of halogens is 1. The van der Waals surface area contributed by atoms with Gasteiger partial charge in [0, 0.05) is 18.7 Å². The smallest absolute Gasteiger partial charge is 0.180 e. The third-order valence-corrected chi connectivity index (χ3v) is 2.86. The van der Waals surface area contributed by atoms with E-state index in [0.717, 1.165) is 0 Å². The molecule has 0 aliphatic carbocycles. The van der Waals surface area contributed by atoms with E-state index in [0.29, 0.717) is 22.6 Å². The average Bonchev–Trinajstić information content (AvgIpc) is 2.78. The van der Waals surface area contributed by atoms with Crippen molar-refractivity contribution in [2.75, 3.05) is 0 Å². The summed E-state index contributed by atoms with van der Waals surface area (Å²) < 4.78 is 15.3. The summed E-state index contributed by atoms with van der Waals surface area (Å²) in [5, 5.41) is 4.09. The van der Waals surface area contributed by atoms with Crippen molar-refractivity contribution in [3.05, 3.63) is 54.1 Å². The molecule has 19 heavy (non-hydrogen) atoms. The summed E-state index contributed by atoms with van der Waals surface area (Å²) in [6, 6.07) is 9.70. The minimum atomic E-state index is -0.409. The monoisotopic (exact) mass is 255 g/mol. The molecule has 0 amide bonds. The van der Waals surface area contributed by atoms with Gasteiger partial charge >= 0.3 is 0 Å². The van der Waals surface area contributed by atoms with Gasteiger partial charge in [0.1, 0.15) is 17.2 Å². The van der Waals surface area contributed by atoms with Gasteiger partial charge in [-0.3, -0.25) is 4.79 Å². The highest BCUT2D eigenvalue weighted by atomic mass is 19.1. The van der Waals surface area contributed by atoms with Crippen LogP contribution in [0.3, 0.4) is 0 Å². The molecule has 0 saturated heterocycles. The van der Waals surface area contributed by atoms with E-state index in [1.807, 2.05) is 0 Å². The van der Waals surface area contributed by atoms with Crippen LogP contribution in [0.25, 0.3) is 16.9 Å². The fourth-order valence-electron chi connectivity index (χ4n) is 2.05. The molecule has 3 aromatic rings. The summed E-state index contributed by atoms with van der Waals surface area (Å²) in [7, 11) is 0. The Bertz CT molecular complexity index is 779. The quantitative estimate of drug-likeness (QED) is 0.661. The van der Waals surface area contributed by atoms with E-state index >= 15 is 0 Å². The fourth-order valence-corrected chi connectivity index (χ4v) is 2.05. The number of imidazole rings is 1. The molecule has 0 radical (unpaired) electrons. The molecule has 1 aromatic carbocycles. The Labute approximate surface area is 108 Å². The van der Waals surface area contributed by atoms with Crippen LogP contribution < -0.4 is 0 Å². The van der Waals surface area contributed by atoms with Gasteiger partial charge < -0.3 is 0 Å². The third-order valence-electron chi connectivity index (χ3n) is 2.86. The number of Topliss-reactive ketones (excluding diaryl/α,β-unsaturated/α-hetero) is 1. The lowest BCUT2D eigenvalue weighted by atomic mass is 10.1. The second kappa shape index (κ2) is 4.28. The predicted molar refractivity (Wildman–Crippen MR) is 68.4 cm³/mol. The van der Waals surface area contributed by atoms with E-state index in [1.54, 1.807) is 36.5 Å². The molecule has 5 heteroatoms. The first-order valence-corrected chi connectivity index (χ1v) is 5.78. The van der Waals surface area contributed by atoms with Gasteiger partial charge in [0.2, 0.25) is 0 Å². The molecule has 94 valence electrons. The van der Waals surface area contributed by atoms with Crippen molar-refractivity contribution >= 4 is 11.4 Å². The molecule has 3 rings (SSSR count). The van der Waals surface area contributed by atoms with Crippen LogP contribution in [0.5, 0.6) is 0 Å². The number of hydrogen-bond donors (Lipinski definition) is 0. The molecule has 0 atom stereocenters. The maximum absolute atomic E-state index is 13.9. The molecule has 0 aliphatic heterocycles. The fraction of sp³-hybridized carbons (Fsp3) is 0.0714. The third kappa shape index (κ3) is 1.79. The summed E-state index contributed by atoms with van der Waals surface area (Å²) in [4.78, 5) is 16.1. The van der Waals surface area contributed by atoms with E-state index in [9.17, 15) is 9.18 Å². The lowest BCUT2D eigenvalue weighted by Gasteiger charge is -2.01. The molecular weight excluding hydrogens is 245 g/mol. The molecule has 0 fully saturated rings. The highest BCUT2D eigenvalue weighted by molar-refractivity contribution is 5.99. The van der Waals surface area contributed by atoms with Gasteiger partial charge in [-0.05, 0) is 24.3 Å². The molecular formula is C14H10FN3O. The molecule has 0 saturated carbocycles. The van der Waals surface area contributed by atoms with Gasteiger partial charge in [-0.15, -0.1) is 0 Å². The van der Waals surface area contributed by atoms with Gasteiger partial charge in [0.05, 0.1) is 0 Å². The molecule has 0 unspecified atom stereocenters. The lowest BCUT2D eigenvalue weighted by Crippen LogP contribution is -2.03. The maximum atomic E-state index is 13.9. The first-order valence-electron chi connectivity index (χ1n) is 5.78. The molecule has 0 N–H and O–H groups in total. The van der Waals surface area contributed by atoms with Crippen LogP contribution in [0.4, 0.5) is 4.39 Å². The van der Waals surface area contributed by atoms with Crippen molar-refractivity contribution in [2.45, 2.75) is 6.92 Å². The van der Waals surface area contributed by atoms with E-state index in [1.165, 1.54) is 17.5 Å². The summed E-state index contributed by atoms with van der Waals surface area (Å²) in [6.07, 6.45) is 1.56. The van der Waals surface area contributed by atoms with Crippen LogP contribution in [0.1, 0.15) is 17.4 Å². The summed E-state index contributed by atoms with van der Waals surface area (Å²) >= 11 is 0. The molecule has 0 bridgehead atoms. The topological polar surface area (TPSA) is 47.3 Å². The zero-order valence-electron chi connectivity index (χ0n) is 10.2. The number of fused-ring (bicyclic) bond motifs is 1. The number of nitrogens with zero attached hydrogens (tertiary/aromatic N) is 3. The average molecular weight is 255 g/mol. The number of carbonyl (C=O) groups is 1. The zero-order valence-corrected chi connectivity index (χ0v) is 10.2. The second-order valence-corrected chi connectivity index (χ2v) is 4.14. The van der Waals surface area contributed by atoms with Gasteiger partial charge in [-0.1, -0.05) is 12.1 Å². The van der Waals surface area contributed by atoms with Gasteiger partial charge in [0.15, 0.2) is 11.4 Å². The Morgan fingerprint density at radius 3 is 2.74 bits per heavy atom. The van der Waals surface area contributed by atoms with Crippen LogP contribution >= 0.6 is 0 Å². The number of aromatic nitrogens is 3. The minimum Gasteiger partial charge on any atom is -0.293 e. The van der Waals surface area contributed by atoms with Gasteiger partial charge in [0.25, 0.3) is 0 Å². The lowest BCUT2D eigenvalue weighted by molar-refractivity contribution is 0.101. The highest BCUT2D eigenvalue weighted by Crippen LogP contribution is 2.26. The van der Waals surface area contributed by atoms with Crippen molar-refractivity contribution < 1.29 is 9.18 Å².